The van der Waals surface area contributed by atoms with Crippen LogP contribution in [0, 0.1) is 5.92 Å². The molecule has 0 spiro atoms. The molecule has 0 saturated carbocycles. The Bertz CT molecular complexity index is 1440. The quantitative estimate of drug-likeness (QED) is 0.145. The van der Waals surface area contributed by atoms with Crippen LogP contribution < -0.4 is 38.1 Å². The van der Waals surface area contributed by atoms with Gasteiger partial charge in [-0.3, -0.25) is 33.6 Å². The number of amides is 6. The molecule has 2 aromatic rings. The number of primary amides is 1. The molecule has 16 nitrogen and oxygen atoms in total. The van der Waals surface area contributed by atoms with Crippen LogP contribution in [0.3, 0.4) is 0 Å². The van der Waals surface area contributed by atoms with Gasteiger partial charge in [-0.05, 0) is 30.9 Å². The van der Waals surface area contributed by atoms with Crippen LogP contribution in [-0.4, -0.2) is 89.8 Å². The van der Waals surface area contributed by atoms with Crippen molar-refractivity contribution in [3.8, 4) is 0 Å². The number of ether oxygens (including phenoxy) is 1. The molecule has 16 heteroatoms. The van der Waals surface area contributed by atoms with Gasteiger partial charge in [-0.2, -0.15) is 0 Å². The molecule has 0 unspecified atom stereocenters. The fraction of sp³-hybridized carbons (Fsp3) is 0.483. The normalized spacial score (nSPS) is 23.5. The zero-order valence-electron chi connectivity index (χ0n) is 25.3. The Kier molecular flexibility index (Phi) is 12.0. The maximum Gasteiger partial charge on any atom is 0.325 e. The third-order valence-electron chi connectivity index (χ3n) is 7.50. The van der Waals surface area contributed by atoms with E-state index in [9.17, 15) is 33.6 Å². The SMILES string of the molecule is CC[C@H](C)[C@@H]1NC(=O)[C@@H](NC(=O)[C@@H](N)Cc2c[nH]c3ccccc23)[C@@H](C)OC(=O)CNC(=O)CNC(=O)[C@H](CC(N)=O)NC1=O. The van der Waals surface area contributed by atoms with Crippen molar-refractivity contribution < 1.29 is 38.3 Å². The highest BCUT2D eigenvalue weighted by atomic mass is 16.5. The minimum atomic E-state index is -1.51. The smallest absolute Gasteiger partial charge is 0.325 e. The second-order valence-corrected chi connectivity index (χ2v) is 10.9. The second kappa shape index (κ2) is 15.7. The zero-order valence-corrected chi connectivity index (χ0v) is 25.3. The van der Waals surface area contributed by atoms with Crippen molar-refractivity contribution in [2.75, 3.05) is 13.1 Å². The Balaban J connectivity index is 1.89. The summed E-state index contributed by atoms with van der Waals surface area (Å²) in [7, 11) is 0. The maximum atomic E-state index is 13.7. The number of nitrogens with two attached hydrogens (primary N) is 2. The van der Waals surface area contributed by atoms with E-state index in [1.165, 1.54) is 6.92 Å². The molecule has 10 N–H and O–H groups in total. The fourth-order valence-corrected chi connectivity index (χ4v) is 4.74. The summed E-state index contributed by atoms with van der Waals surface area (Å²) in [5, 5.41) is 12.9. The van der Waals surface area contributed by atoms with Gasteiger partial charge in [-0.15, -0.1) is 0 Å². The molecule has 3 rings (SSSR count). The van der Waals surface area contributed by atoms with Gasteiger partial charge in [-0.1, -0.05) is 38.5 Å². The molecular weight excluding hydrogens is 588 g/mol. The summed E-state index contributed by atoms with van der Waals surface area (Å²) >= 11 is 0. The molecule has 6 amide bonds. The predicted octanol–water partition coefficient (Wildman–Crippen LogP) is -2.41. The number of benzene rings is 1. The minimum Gasteiger partial charge on any atom is -0.459 e. The number of aromatic amines is 1. The molecule has 1 saturated heterocycles. The molecule has 1 aliphatic heterocycles. The molecule has 1 aromatic carbocycles. The number of H-pyrrole nitrogens is 1. The average Bonchev–Trinajstić information content (AvgIpc) is 3.40. The molecule has 1 aliphatic rings. The van der Waals surface area contributed by atoms with Crippen LogP contribution in [0.4, 0.5) is 0 Å². The molecule has 0 bridgehead atoms. The molecule has 0 aliphatic carbocycles. The van der Waals surface area contributed by atoms with E-state index < -0.39 is 97.1 Å². The largest absolute Gasteiger partial charge is 0.459 e. The van der Waals surface area contributed by atoms with Crippen molar-refractivity contribution in [1.82, 2.24) is 31.6 Å². The van der Waals surface area contributed by atoms with Gasteiger partial charge in [0.1, 0.15) is 30.8 Å². The third-order valence-corrected chi connectivity index (χ3v) is 7.50. The maximum absolute atomic E-state index is 13.7. The highest BCUT2D eigenvalue weighted by Gasteiger charge is 2.36. The number of esters is 1. The van der Waals surface area contributed by atoms with Crippen LogP contribution in [0.2, 0.25) is 0 Å². The van der Waals surface area contributed by atoms with Crippen molar-refractivity contribution in [2.45, 2.75) is 70.3 Å². The van der Waals surface area contributed by atoms with E-state index in [0.717, 1.165) is 16.5 Å². The van der Waals surface area contributed by atoms with E-state index in [1.54, 1.807) is 20.0 Å². The Morgan fingerprint density at radius 1 is 1.02 bits per heavy atom. The van der Waals surface area contributed by atoms with E-state index in [2.05, 4.69) is 31.6 Å². The molecule has 2 heterocycles. The van der Waals surface area contributed by atoms with Gasteiger partial charge >= 0.3 is 5.97 Å². The Labute approximate surface area is 259 Å². The highest BCUT2D eigenvalue weighted by Crippen LogP contribution is 2.19. The summed E-state index contributed by atoms with van der Waals surface area (Å²) in [5.74, 6) is -6.41. The first-order valence-corrected chi connectivity index (χ1v) is 14.5. The second-order valence-electron chi connectivity index (χ2n) is 10.9. The molecule has 6 atom stereocenters. The molecule has 45 heavy (non-hydrogen) atoms. The van der Waals surface area contributed by atoms with Crippen LogP contribution >= 0.6 is 0 Å². The number of hydrogen-bond donors (Lipinski definition) is 8. The minimum absolute atomic E-state index is 0.117. The Morgan fingerprint density at radius 2 is 1.73 bits per heavy atom. The van der Waals surface area contributed by atoms with Crippen molar-refractivity contribution in [1.29, 1.82) is 0 Å². The highest BCUT2D eigenvalue weighted by molar-refractivity contribution is 5.97. The summed E-state index contributed by atoms with van der Waals surface area (Å²) in [6.07, 6.45) is 0.399. The third kappa shape index (κ3) is 9.50. The van der Waals surface area contributed by atoms with Crippen LogP contribution in [0.15, 0.2) is 30.5 Å². The number of fused-ring (bicyclic) bond motifs is 1. The van der Waals surface area contributed by atoms with E-state index in [-0.39, 0.29) is 6.42 Å². The number of nitrogens with one attached hydrogen (secondary N) is 6. The summed E-state index contributed by atoms with van der Waals surface area (Å²) in [5.41, 5.74) is 13.1. The van der Waals surface area contributed by atoms with Gasteiger partial charge in [0.25, 0.3) is 0 Å². The van der Waals surface area contributed by atoms with E-state index in [1.807, 2.05) is 24.3 Å². The lowest BCUT2D eigenvalue weighted by Crippen LogP contribution is -2.62. The van der Waals surface area contributed by atoms with Crippen LogP contribution in [0.1, 0.15) is 39.2 Å². The van der Waals surface area contributed by atoms with Crippen molar-refractivity contribution in [2.24, 2.45) is 17.4 Å². The monoisotopic (exact) mass is 628 g/mol. The number of carbonyl (C=O) groups is 7. The van der Waals surface area contributed by atoms with Gasteiger partial charge in [0, 0.05) is 17.1 Å². The molecule has 1 fully saturated rings. The Morgan fingerprint density at radius 3 is 2.42 bits per heavy atom. The topological polar surface area (TPSA) is 257 Å². The molecular formula is C29H40N8O8. The zero-order chi connectivity index (χ0) is 33.3. The van der Waals surface area contributed by atoms with Crippen LogP contribution in [-0.2, 0) is 44.7 Å². The first-order valence-electron chi connectivity index (χ1n) is 14.5. The molecule has 244 valence electrons. The van der Waals surface area contributed by atoms with E-state index in [0.29, 0.717) is 6.42 Å². The Hall–Kier alpha value is -4.99. The predicted molar refractivity (Wildman–Crippen MR) is 161 cm³/mol. The first-order chi connectivity index (χ1) is 21.3. The first kappa shape index (κ1) is 34.5. The number of hydrogen-bond acceptors (Lipinski definition) is 9. The number of aromatic nitrogens is 1. The van der Waals surface area contributed by atoms with Gasteiger partial charge < -0.3 is 47.8 Å². The van der Waals surface area contributed by atoms with Crippen molar-refractivity contribution in [3.63, 3.8) is 0 Å². The molecule has 0 radical (unpaired) electrons. The van der Waals surface area contributed by atoms with E-state index >= 15 is 0 Å². The number of para-hydroxylation sites is 1. The van der Waals surface area contributed by atoms with Crippen LogP contribution in [0.25, 0.3) is 10.9 Å². The van der Waals surface area contributed by atoms with E-state index in [4.69, 9.17) is 16.2 Å². The summed E-state index contributed by atoms with van der Waals surface area (Å²) < 4.78 is 5.34. The molecule has 1 aromatic heterocycles. The van der Waals surface area contributed by atoms with Crippen LogP contribution in [0.5, 0.6) is 0 Å². The standard InChI is InChI=1S/C29H40N8O8/c1-4-14(2)24-28(43)35-20(10-21(31)38)27(42)34-12-22(39)33-13-23(40)45-15(3)25(29(44)36-24)37-26(41)18(30)9-16-11-32-19-8-6-5-7-17(16)19/h5-8,11,14-15,18,20,24-25,32H,4,9-10,12-13,30H2,1-3H3,(H2,31,38)(H,33,39)(H,34,42)(H,35,43)(H,36,44)(H,37,41)/t14-,15+,18-,20-,24-,25-/m0/s1. The van der Waals surface area contributed by atoms with Gasteiger partial charge in [-0.25, -0.2) is 0 Å². The van der Waals surface area contributed by atoms with Crippen molar-refractivity contribution in [3.05, 3.63) is 36.0 Å². The summed E-state index contributed by atoms with van der Waals surface area (Å²) in [6, 6.07) is 2.13. The number of carbonyl (C=O) groups excluding carboxylic acids is 7. The lowest BCUT2D eigenvalue weighted by atomic mass is 9.96. The van der Waals surface area contributed by atoms with Gasteiger partial charge in [0.05, 0.1) is 19.0 Å². The lowest BCUT2D eigenvalue weighted by Gasteiger charge is -2.30. The van der Waals surface area contributed by atoms with Crippen molar-refractivity contribution >= 4 is 52.3 Å². The average molecular weight is 629 g/mol. The summed E-state index contributed by atoms with van der Waals surface area (Å²) in [4.78, 5) is 92.5. The fourth-order valence-electron chi connectivity index (χ4n) is 4.74. The number of rotatable bonds is 8. The van der Waals surface area contributed by atoms with Gasteiger partial charge in [0.15, 0.2) is 0 Å². The summed E-state index contributed by atoms with van der Waals surface area (Å²) in [6.45, 7) is 3.61. The number of cyclic esters (lactones) is 1. The lowest BCUT2D eigenvalue weighted by molar-refractivity contribution is -0.152. The van der Waals surface area contributed by atoms with Gasteiger partial charge in [0.2, 0.25) is 35.4 Å².